The van der Waals surface area contributed by atoms with E-state index < -0.39 is 0 Å². The summed E-state index contributed by atoms with van der Waals surface area (Å²) < 4.78 is 10.5. The van der Waals surface area contributed by atoms with Gasteiger partial charge in [0.05, 0.1) is 17.1 Å². The van der Waals surface area contributed by atoms with Crippen molar-refractivity contribution < 1.29 is 4.74 Å². The molecule has 7 heteroatoms. The minimum Gasteiger partial charge on any atom is -0.482 e. The van der Waals surface area contributed by atoms with Crippen LogP contribution >= 0.6 is 0 Å². The number of hydrogen-bond donors (Lipinski definition) is 1. The number of nitrogens with two attached hydrogens (primary N) is 1. The highest BCUT2D eigenvalue weighted by atomic mass is 16.5. The molecule has 4 heterocycles. The third-order valence-corrected chi connectivity index (χ3v) is 6.81. The Hall–Kier alpha value is -3.61. The highest BCUT2D eigenvalue weighted by Crippen LogP contribution is 2.40. The number of pyridine rings is 1. The topological polar surface area (TPSA) is 83.8 Å². The molecule has 0 saturated heterocycles. The average molecular weight is 441 g/mol. The predicted octanol–water partition coefficient (Wildman–Crippen LogP) is 4.56. The number of aryl methyl sites for hydroxylation is 2. The standard InChI is InChI=1S/C26H28N6O/c1-15-4-7-22-20(10-15)16(2)33-24-12-18(14-28-26(24)27)25-21(13-19-8-9-29-32(19)22)30-31(3)23(25)11-17-5-6-17/h4,7-10,12,14,16-17H,5-6,11,13H2,1-3H3,(H2,27,28)/t16-/m1/s1. The number of fused-ring (bicyclic) bond motifs is 7. The zero-order chi connectivity index (χ0) is 22.7. The minimum atomic E-state index is -0.227. The van der Waals surface area contributed by atoms with Crippen LogP contribution in [0.15, 0.2) is 42.7 Å². The molecule has 33 heavy (non-hydrogen) atoms. The lowest BCUT2D eigenvalue weighted by atomic mass is 9.98. The van der Waals surface area contributed by atoms with Gasteiger partial charge in [0.25, 0.3) is 0 Å². The van der Waals surface area contributed by atoms with Crippen LogP contribution in [0.5, 0.6) is 5.75 Å². The Bertz CT molecular complexity index is 1360. The number of anilines is 1. The van der Waals surface area contributed by atoms with Crippen LogP contribution in [0.4, 0.5) is 5.82 Å². The number of benzene rings is 1. The first-order valence-electron chi connectivity index (χ1n) is 11.6. The van der Waals surface area contributed by atoms with Gasteiger partial charge in [0, 0.05) is 48.2 Å². The number of nitrogen functional groups attached to an aromatic ring is 1. The quantitative estimate of drug-likeness (QED) is 0.494. The molecule has 1 atom stereocenters. The normalized spacial score (nSPS) is 17.2. The summed E-state index contributed by atoms with van der Waals surface area (Å²) in [7, 11) is 2.04. The Morgan fingerprint density at radius 3 is 2.85 bits per heavy atom. The van der Waals surface area contributed by atoms with Crippen LogP contribution < -0.4 is 10.5 Å². The largest absolute Gasteiger partial charge is 0.482 e. The lowest BCUT2D eigenvalue weighted by Crippen LogP contribution is -2.13. The predicted molar refractivity (Wildman–Crippen MR) is 127 cm³/mol. The molecule has 2 bridgehead atoms. The van der Waals surface area contributed by atoms with Gasteiger partial charge >= 0.3 is 0 Å². The third kappa shape index (κ3) is 3.48. The van der Waals surface area contributed by atoms with Crippen molar-refractivity contribution in [2.75, 3.05) is 5.73 Å². The van der Waals surface area contributed by atoms with Gasteiger partial charge in [0.2, 0.25) is 0 Å². The van der Waals surface area contributed by atoms with Crippen molar-refractivity contribution in [2.24, 2.45) is 13.0 Å². The van der Waals surface area contributed by atoms with Crippen LogP contribution in [0, 0.1) is 12.8 Å². The Morgan fingerprint density at radius 2 is 2.03 bits per heavy atom. The molecule has 0 unspecified atom stereocenters. The SMILES string of the molecule is Cc1ccc2c(c1)[C@@H](C)Oc1cc(cnc1N)-c1c(nn(C)c1CC1CC1)Cc1ccnn1-2. The van der Waals surface area contributed by atoms with Gasteiger partial charge in [-0.25, -0.2) is 9.67 Å². The van der Waals surface area contributed by atoms with Crippen molar-refractivity contribution in [3.63, 3.8) is 0 Å². The molecule has 0 spiro atoms. The molecular formula is C26H28N6O. The summed E-state index contributed by atoms with van der Waals surface area (Å²) in [6.07, 6.45) is 7.76. The van der Waals surface area contributed by atoms with Gasteiger partial charge in [0.15, 0.2) is 11.6 Å². The molecule has 1 aromatic carbocycles. The van der Waals surface area contributed by atoms with E-state index in [4.69, 9.17) is 15.6 Å². The average Bonchev–Trinajstić information content (AvgIpc) is 3.41. The maximum absolute atomic E-state index is 6.43. The molecule has 3 aromatic heterocycles. The van der Waals surface area contributed by atoms with Gasteiger partial charge in [0.1, 0.15) is 6.10 Å². The van der Waals surface area contributed by atoms with E-state index in [0.29, 0.717) is 18.0 Å². The fraction of sp³-hybridized carbons (Fsp3) is 0.346. The zero-order valence-electron chi connectivity index (χ0n) is 19.2. The summed E-state index contributed by atoms with van der Waals surface area (Å²) in [4.78, 5) is 4.51. The number of rotatable bonds is 2. The molecule has 4 aromatic rings. The first kappa shape index (κ1) is 20.0. The number of ether oxygens (including phenoxy) is 1. The molecule has 1 aliphatic carbocycles. The molecule has 168 valence electrons. The number of hydrogen-bond acceptors (Lipinski definition) is 5. The number of nitrogens with zero attached hydrogens (tertiary/aromatic N) is 5. The van der Waals surface area contributed by atoms with E-state index in [1.54, 1.807) is 0 Å². The van der Waals surface area contributed by atoms with E-state index in [2.05, 4.69) is 41.3 Å². The maximum atomic E-state index is 6.43. The third-order valence-electron chi connectivity index (χ3n) is 6.81. The molecule has 6 rings (SSSR count). The van der Waals surface area contributed by atoms with Gasteiger partial charge in [-0.1, -0.05) is 17.7 Å². The highest BCUT2D eigenvalue weighted by Gasteiger charge is 2.29. The van der Waals surface area contributed by atoms with E-state index in [0.717, 1.165) is 46.1 Å². The highest BCUT2D eigenvalue weighted by molar-refractivity contribution is 5.72. The van der Waals surface area contributed by atoms with Crippen LogP contribution in [0.3, 0.4) is 0 Å². The Balaban J connectivity index is 1.60. The molecule has 1 saturated carbocycles. The lowest BCUT2D eigenvalue weighted by molar-refractivity contribution is 0.227. The van der Waals surface area contributed by atoms with Crippen LogP contribution in [0.2, 0.25) is 0 Å². The zero-order valence-corrected chi connectivity index (χ0v) is 19.2. The summed E-state index contributed by atoms with van der Waals surface area (Å²) in [5, 5.41) is 9.66. The number of aromatic nitrogens is 5. The monoisotopic (exact) mass is 440 g/mol. The van der Waals surface area contributed by atoms with Crippen LogP contribution in [0.1, 0.15) is 54.1 Å². The smallest absolute Gasteiger partial charge is 0.166 e. The van der Waals surface area contributed by atoms with E-state index >= 15 is 0 Å². The van der Waals surface area contributed by atoms with Gasteiger partial charge < -0.3 is 10.5 Å². The van der Waals surface area contributed by atoms with Crippen molar-refractivity contribution in [2.45, 2.75) is 45.6 Å². The molecule has 1 aliphatic heterocycles. The van der Waals surface area contributed by atoms with E-state index in [1.165, 1.54) is 24.1 Å². The van der Waals surface area contributed by atoms with Crippen molar-refractivity contribution in [3.8, 4) is 22.6 Å². The molecule has 1 fully saturated rings. The fourth-order valence-corrected chi connectivity index (χ4v) is 4.89. The van der Waals surface area contributed by atoms with Crippen LogP contribution in [0.25, 0.3) is 16.8 Å². The van der Waals surface area contributed by atoms with E-state index in [-0.39, 0.29) is 6.10 Å². The second-order valence-corrected chi connectivity index (χ2v) is 9.38. The Morgan fingerprint density at radius 1 is 1.18 bits per heavy atom. The maximum Gasteiger partial charge on any atom is 0.166 e. The van der Waals surface area contributed by atoms with Crippen molar-refractivity contribution in [1.29, 1.82) is 0 Å². The van der Waals surface area contributed by atoms with Gasteiger partial charge in [-0.2, -0.15) is 10.2 Å². The van der Waals surface area contributed by atoms with Crippen molar-refractivity contribution >= 4 is 5.82 Å². The summed E-state index contributed by atoms with van der Waals surface area (Å²) in [5.41, 5.74) is 15.0. The van der Waals surface area contributed by atoms with Gasteiger partial charge in [-0.15, -0.1) is 0 Å². The van der Waals surface area contributed by atoms with Crippen molar-refractivity contribution in [1.82, 2.24) is 24.5 Å². The Labute approximate surface area is 193 Å². The second kappa shape index (κ2) is 7.47. The lowest BCUT2D eigenvalue weighted by Gasteiger charge is -2.22. The Kier molecular flexibility index (Phi) is 4.54. The van der Waals surface area contributed by atoms with Gasteiger partial charge in [-0.3, -0.25) is 4.68 Å². The first-order chi connectivity index (χ1) is 16.0. The van der Waals surface area contributed by atoms with E-state index in [9.17, 15) is 0 Å². The molecule has 0 radical (unpaired) electrons. The summed E-state index contributed by atoms with van der Waals surface area (Å²) in [5.74, 6) is 1.73. The van der Waals surface area contributed by atoms with Crippen molar-refractivity contribution in [3.05, 3.63) is 70.9 Å². The fourth-order valence-electron chi connectivity index (χ4n) is 4.89. The van der Waals surface area contributed by atoms with Gasteiger partial charge in [-0.05, 0) is 57.2 Å². The molecule has 2 N–H and O–H groups in total. The molecule has 2 aliphatic rings. The summed E-state index contributed by atoms with van der Waals surface area (Å²) in [6.45, 7) is 4.14. The molecular weight excluding hydrogens is 412 g/mol. The summed E-state index contributed by atoms with van der Waals surface area (Å²) >= 11 is 0. The van der Waals surface area contributed by atoms with E-state index in [1.807, 2.05) is 41.8 Å². The summed E-state index contributed by atoms with van der Waals surface area (Å²) in [6, 6.07) is 10.5. The van der Waals surface area contributed by atoms with Crippen LogP contribution in [-0.4, -0.2) is 24.5 Å². The second-order valence-electron chi connectivity index (χ2n) is 9.38. The van der Waals surface area contributed by atoms with Crippen LogP contribution in [-0.2, 0) is 19.9 Å². The molecule has 7 nitrogen and oxygen atoms in total. The first-order valence-corrected chi connectivity index (χ1v) is 11.6. The molecule has 0 amide bonds. The minimum absolute atomic E-state index is 0.227.